The summed E-state index contributed by atoms with van der Waals surface area (Å²) < 4.78 is 5.14. The lowest BCUT2D eigenvalue weighted by molar-refractivity contribution is -0.145. The van der Waals surface area contributed by atoms with Crippen molar-refractivity contribution in [1.82, 2.24) is 4.90 Å². The predicted octanol–water partition coefficient (Wildman–Crippen LogP) is 0.674. The zero-order chi connectivity index (χ0) is 10.7. The van der Waals surface area contributed by atoms with Crippen molar-refractivity contribution in [1.29, 1.82) is 0 Å². The Kier molecular flexibility index (Phi) is 3.89. The second-order valence-corrected chi connectivity index (χ2v) is 4.15. The fraction of sp³-hybridized carbons (Fsp3) is 0.900. The highest BCUT2D eigenvalue weighted by molar-refractivity contribution is 5.70. The molecule has 0 amide bonds. The van der Waals surface area contributed by atoms with E-state index in [9.17, 15) is 4.79 Å². The van der Waals surface area contributed by atoms with Crippen molar-refractivity contribution in [2.45, 2.75) is 20.0 Å². The highest BCUT2D eigenvalue weighted by Gasteiger charge is 2.34. The first kappa shape index (κ1) is 11.5. The molecule has 0 aromatic rings. The summed E-state index contributed by atoms with van der Waals surface area (Å²) in [5.74, 6) is -0.588. The SMILES string of the molecule is COC(C)CN1CC(C(C)C(=O)O)C1. The van der Waals surface area contributed by atoms with Gasteiger partial charge in [0.2, 0.25) is 0 Å². The van der Waals surface area contributed by atoms with Crippen LogP contribution in [-0.2, 0) is 9.53 Å². The van der Waals surface area contributed by atoms with Crippen molar-refractivity contribution in [3.8, 4) is 0 Å². The number of hydrogen-bond acceptors (Lipinski definition) is 3. The maximum absolute atomic E-state index is 10.7. The first-order valence-corrected chi connectivity index (χ1v) is 5.02. The van der Waals surface area contributed by atoms with Crippen LogP contribution in [0.5, 0.6) is 0 Å². The maximum atomic E-state index is 10.7. The number of likely N-dealkylation sites (tertiary alicyclic amines) is 1. The molecule has 0 saturated carbocycles. The minimum Gasteiger partial charge on any atom is -0.481 e. The van der Waals surface area contributed by atoms with E-state index in [2.05, 4.69) is 4.90 Å². The Morgan fingerprint density at radius 3 is 2.57 bits per heavy atom. The predicted molar refractivity (Wildman–Crippen MR) is 53.2 cm³/mol. The summed E-state index contributed by atoms with van der Waals surface area (Å²) in [6.45, 7) is 6.49. The van der Waals surface area contributed by atoms with Crippen molar-refractivity contribution >= 4 is 5.97 Å². The summed E-state index contributed by atoms with van der Waals surface area (Å²) in [6, 6.07) is 0. The van der Waals surface area contributed by atoms with Crippen LogP contribution in [0.4, 0.5) is 0 Å². The number of carboxylic acids is 1. The highest BCUT2D eigenvalue weighted by Crippen LogP contribution is 2.24. The molecule has 1 fully saturated rings. The van der Waals surface area contributed by atoms with Crippen LogP contribution >= 0.6 is 0 Å². The Morgan fingerprint density at radius 2 is 2.14 bits per heavy atom. The zero-order valence-corrected chi connectivity index (χ0v) is 9.06. The Balaban J connectivity index is 2.20. The van der Waals surface area contributed by atoms with Crippen LogP contribution in [-0.4, -0.2) is 48.8 Å². The molecule has 14 heavy (non-hydrogen) atoms. The van der Waals surface area contributed by atoms with Crippen LogP contribution in [0.2, 0.25) is 0 Å². The van der Waals surface area contributed by atoms with E-state index in [4.69, 9.17) is 9.84 Å². The van der Waals surface area contributed by atoms with Crippen molar-refractivity contribution in [2.75, 3.05) is 26.7 Å². The van der Waals surface area contributed by atoms with E-state index in [1.165, 1.54) is 0 Å². The van der Waals surface area contributed by atoms with Gasteiger partial charge < -0.3 is 14.7 Å². The first-order valence-electron chi connectivity index (χ1n) is 5.02. The van der Waals surface area contributed by atoms with Crippen LogP contribution in [0.3, 0.4) is 0 Å². The maximum Gasteiger partial charge on any atom is 0.306 e. The molecule has 1 N–H and O–H groups in total. The van der Waals surface area contributed by atoms with E-state index in [0.717, 1.165) is 19.6 Å². The number of methoxy groups -OCH3 is 1. The lowest BCUT2D eigenvalue weighted by Crippen LogP contribution is -2.52. The van der Waals surface area contributed by atoms with Gasteiger partial charge in [0, 0.05) is 26.7 Å². The molecule has 0 aromatic heterocycles. The van der Waals surface area contributed by atoms with E-state index in [1.54, 1.807) is 14.0 Å². The third kappa shape index (κ3) is 2.69. The summed E-state index contributed by atoms with van der Waals surface area (Å²) >= 11 is 0. The first-order chi connectivity index (χ1) is 6.54. The molecule has 1 rings (SSSR count). The number of carboxylic acid groups (broad SMARTS) is 1. The van der Waals surface area contributed by atoms with Gasteiger partial charge in [-0.25, -0.2) is 0 Å². The van der Waals surface area contributed by atoms with Crippen molar-refractivity contribution in [2.24, 2.45) is 11.8 Å². The van der Waals surface area contributed by atoms with Crippen molar-refractivity contribution in [3.63, 3.8) is 0 Å². The molecule has 1 aliphatic rings. The lowest BCUT2D eigenvalue weighted by atomic mass is 9.87. The second-order valence-electron chi connectivity index (χ2n) is 4.15. The van der Waals surface area contributed by atoms with Crippen LogP contribution in [0.15, 0.2) is 0 Å². The van der Waals surface area contributed by atoms with Crippen LogP contribution < -0.4 is 0 Å². The molecule has 0 radical (unpaired) electrons. The second kappa shape index (κ2) is 4.75. The van der Waals surface area contributed by atoms with E-state index < -0.39 is 5.97 Å². The number of carbonyl (C=O) groups is 1. The normalized spacial score (nSPS) is 22.8. The molecule has 0 bridgehead atoms. The highest BCUT2D eigenvalue weighted by atomic mass is 16.5. The van der Waals surface area contributed by atoms with Crippen LogP contribution in [0.25, 0.3) is 0 Å². The molecule has 0 aliphatic carbocycles. The van der Waals surface area contributed by atoms with Gasteiger partial charge in [-0.3, -0.25) is 4.79 Å². The summed E-state index contributed by atoms with van der Waals surface area (Å²) in [6.07, 6.45) is 0.232. The number of rotatable bonds is 5. The summed E-state index contributed by atoms with van der Waals surface area (Å²) in [5, 5.41) is 8.79. The van der Waals surface area contributed by atoms with Crippen LogP contribution in [0, 0.1) is 11.8 Å². The van der Waals surface area contributed by atoms with Gasteiger partial charge in [-0.1, -0.05) is 6.92 Å². The molecular weight excluding hydrogens is 182 g/mol. The smallest absolute Gasteiger partial charge is 0.306 e. The Hall–Kier alpha value is -0.610. The third-order valence-electron chi connectivity index (χ3n) is 3.00. The van der Waals surface area contributed by atoms with Crippen molar-refractivity contribution < 1.29 is 14.6 Å². The fourth-order valence-electron chi connectivity index (χ4n) is 1.71. The van der Waals surface area contributed by atoms with Gasteiger partial charge in [0.05, 0.1) is 12.0 Å². The molecule has 2 unspecified atom stereocenters. The van der Waals surface area contributed by atoms with Gasteiger partial charge >= 0.3 is 5.97 Å². The number of hydrogen-bond donors (Lipinski definition) is 1. The molecule has 4 heteroatoms. The van der Waals surface area contributed by atoms with Gasteiger partial charge in [-0.2, -0.15) is 0 Å². The number of nitrogens with zero attached hydrogens (tertiary/aromatic N) is 1. The Morgan fingerprint density at radius 1 is 1.57 bits per heavy atom. The molecule has 1 saturated heterocycles. The van der Waals surface area contributed by atoms with Crippen LogP contribution in [0.1, 0.15) is 13.8 Å². The Labute approximate surface area is 84.8 Å². The monoisotopic (exact) mass is 201 g/mol. The molecular formula is C10H19NO3. The third-order valence-corrected chi connectivity index (χ3v) is 3.00. The number of aliphatic carboxylic acids is 1. The summed E-state index contributed by atoms with van der Waals surface area (Å²) in [4.78, 5) is 12.9. The van der Waals surface area contributed by atoms with Gasteiger partial charge in [0.15, 0.2) is 0 Å². The van der Waals surface area contributed by atoms with Gasteiger partial charge in [-0.05, 0) is 12.8 Å². The molecule has 0 aromatic carbocycles. The fourth-order valence-corrected chi connectivity index (χ4v) is 1.71. The minimum atomic E-state index is -0.686. The van der Waals surface area contributed by atoms with Gasteiger partial charge in [0.25, 0.3) is 0 Å². The molecule has 82 valence electrons. The largest absolute Gasteiger partial charge is 0.481 e. The number of ether oxygens (including phenoxy) is 1. The van der Waals surface area contributed by atoms with E-state index in [-0.39, 0.29) is 12.0 Å². The zero-order valence-electron chi connectivity index (χ0n) is 9.06. The molecule has 1 aliphatic heterocycles. The van der Waals surface area contributed by atoms with Gasteiger partial charge in [0.1, 0.15) is 0 Å². The molecule has 4 nitrogen and oxygen atoms in total. The quantitative estimate of drug-likeness (QED) is 0.710. The molecule has 1 heterocycles. The Bertz CT molecular complexity index is 202. The van der Waals surface area contributed by atoms with Gasteiger partial charge in [-0.15, -0.1) is 0 Å². The van der Waals surface area contributed by atoms with Crippen molar-refractivity contribution in [3.05, 3.63) is 0 Å². The molecule has 2 atom stereocenters. The average Bonchev–Trinajstić information content (AvgIpc) is 2.08. The molecule has 0 spiro atoms. The summed E-state index contributed by atoms with van der Waals surface area (Å²) in [5.41, 5.74) is 0. The summed E-state index contributed by atoms with van der Waals surface area (Å²) in [7, 11) is 1.70. The standard InChI is InChI=1S/C10H19NO3/c1-7(14-3)4-11-5-9(6-11)8(2)10(12)13/h7-9H,4-6H2,1-3H3,(H,12,13). The minimum absolute atomic E-state index is 0.218. The van der Waals surface area contributed by atoms with E-state index in [1.807, 2.05) is 6.92 Å². The lowest BCUT2D eigenvalue weighted by Gasteiger charge is -2.42. The van der Waals surface area contributed by atoms with E-state index in [0.29, 0.717) is 5.92 Å². The average molecular weight is 201 g/mol. The van der Waals surface area contributed by atoms with E-state index >= 15 is 0 Å². The topological polar surface area (TPSA) is 49.8 Å².